The van der Waals surface area contributed by atoms with E-state index in [2.05, 4.69) is 72.5 Å². The van der Waals surface area contributed by atoms with Gasteiger partial charge in [-0.15, -0.1) is 32.4 Å². The Morgan fingerprint density at radius 1 is 0.547 bits per heavy atom. The van der Waals surface area contributed by atoms with Crippen LogP contribution in [0.2, 0.25) is 0 Å². The molecule has 2 aromatic rings. The van der Waals surface area contributed by atoms with Crippen molar-refractivity contribution in [2.75, 3.05) is 45.0 Å². The summed E-state index contributed by atoms with van der Waals surface area (Å²) >= 11 is 9.53. The molecule has 2 aromatic carbocycles. The summed E-state index contributed by atoms with van der Waals surface area (Å²) in [4.78, 5) is 11.2. The molecule has 0 amide bonds. The average Bonchev–Trinajstić information content (AvgIpc) is 0.842. The molecule has 0 bridgehead atoms. The molecule has 2 aliphatic heterocycles. The van der Waals surface area contributed by atoms with E-state index in [1.54, 1.807) is 19.1 Å². The first-order chi connectivity index (χ1) is 46.2. The van der Waals surface area contributed by atoms with E-state index < -0.39 is 23.3 Å². The van der Waals surface area contributed by atoms with E-state index in [4.69, 9.17) is 38.8 Å². The van der Waals surface area contributed by atoms with Gasteiger partial charge < -0.3 is 19.3 Å². The van der Waals surface area contributed by atoms with Crippen molar-refractivity contribution in [3.05, 3.63) is 107 Å². The maximum atomic E-state index is 14.5. The van der Waals surface area contributed by atoms with Gasteiger partial charge in [-0.25, -0.2) is 13.2 Å². The highest BCUT2D eigenvalue weighted by Gasteiger charge is 2.25. The number of ether oxygens (including phenoxy) is 3. The SMILES string of the molecule is C.C1CCOC1.C1CCOC1.CCCC1CCC(/C=C/CCC2CC=C(c3ccc(OCC)c(F)c3F)CC2)CC1.CCCC1CCC(/C=C/CCC2CCC(=O)CC2)CC1.CCCC1CCC(/C=C/CCC2CCC(O)CC2)CC1.Cc1cccc(F)c1F.ClCCl.[2H]CP. The number of rotatable bonds is 21. The first-order valence-corrected chi connectivity index (χ1v) is 39.8. The van der Waals surface area contributed by atoms with Crippen molar-refractivity contribution >= 4 is 43.8 Å². The lowest BCUT2D eigenvalue weighted by atomic mass is 9.80. The van der Waals surface area contributed by atoms with E-state index in [1.807, 2.05) is 0 Å². The fraction of sp³-hybridized carbons (Fsp3) is 0.747. The number of halogens is 6. The van der Waals surface area contributed by atoms with E-state index in [0.29, 0.717) is 36.1 Å². The first kappa shape index (κ1) is 86.7. The Hall–Kier alpha value is -2.52. The summed E-state index contributed by atoms with van der Waals surface area (Å²) in [5.74, 6) is 5.18. The predicted molar refractivity (Wildman–Crippen MR) is 404 cm³/mol. The second-order valence-corrected chi connectivity index (χ2v) is 28.8. The molecule has 7 fully saturated rings. The third kappa shape index (κ3) is 39.9. The zero-order valence-electron chi connectivity index (χ0n) is 60.7. The third-order valence-corrected chi connectivity index (χ3v) is 20.7. The molecule has 2 unspecified atom stereocenters. The maximum Gasteiger partial charge on any atom is 0.201 e. The van der Waals surface area contributed by atoms with E-state index in [-0.39, 0.29) is 24.6 Å². The van der Waals surface area contributed by atoms with Crippen molar-refractivity contribution in [2.45, 2.75) is 299 Å². The Kier molecular flexibility index (Phi) is 52.2. The van der Waals surface area contributed by atoms with Crippen LogP contribution >= 0.6 is 32.4 Å². The molecule has 8 aliphatic rings. The number of aliphatic hydroxyl groups is 1. The second kappa shape index (κ2) is 57.1. The van der Waals surface area contributed by atoms with Gasteiger partial charge in [-0.3, -0.25) is 4.79 Å². The summed E-state index contributed by atoms with van der Waals surface area (Å²) in [7, 11) is 2.25. The predicted octanol–water partition coefficient (Wildman–Crippen LogP) is 26.1. The summed E-state index contributed by atoms with van der Waals surface area (Å²) in [5, 5.41) is 9.71. The number of aliphatic hydroxyl groups excluding tert-OH is 1. The largest absolute Gasteiger partial charge is 0.491 e. The Morgan fingerprint density at radius 3 is 1.29 bits per heavy atom. The molecule has 0 spiro atoms. The standard InChI is InChI=1S/C27H38F2O.C19H34O.C19H32O.C7H6F2.2C4H8O.CH2Cl2.CH5P.CH4/c1-3-7-20-10-12-21(13-11-20)8-5-6-9-22-14-16-23(17-15-22)24-18-19-25(30-4-2)27(29)26(24)28;2*1-2-5-16-8-10-17(11-9-16)6-3-4-7-18-12-14-19(20)15-13-18;1-5-3-2-4-6(8)7(5)9;2*1-2-4-5-3-1;2-1-3;1-2;/h5,8,16,18-22H,3-4,6-7,9-15,17H2,1-2H3;3,6,16-20H,2,4-5,7-15H2,1H3;3,6,16-18H,2,4-5,7-15H2,1H3;2-4H,1H3;2*1-4H2;1H2;2H2,1H3;1H4/b8-5+;2*6-3+;;;;;;/i;;;;;;;1D;. The van der Waals surface area contributed by atoms with Gasteiger partial charge in [0.2, 0.25) is 5.82 Å². The van der Waals surface area contributed by atoms with Crippen LogP contribution in [0, 0.1) is 83.5 Å². The molecule has 5 nitrogen and oxygen atoms in total. The van der Waals surface area contributed by atoms with Crippen LogP contribution in [0.1, 0.15) is 298 Å². The molecule has 546 valence electrons. The van der Waals surface area contributed by atoms with Crippen LogP contribution in [0.3, 0.4) is 0 Å². The monoisotopic (exact) mass is 1390 g/mol. The zero-order chi connectivity index (χ0) is 69.1. The molecule has 2 heterocycles. The third-order valence-electron chi connectivity index (χ3n) is 20.7. The van der Waals surface area contributed by atoms with Gasteiger partial charge in [0.05, 0.1) is 18.1 Å². The molecule has 0 aromatic heterocycles. The summed E-state index contributed by atoms with van der Waals surface area (Å²) in [6, 6.07) is 7.31. The highest BCUT2D eigenvalue weighted by Crippen LogP contribution is 2.38. The summed E-state index contributed by atoms with van der Waals surface area (Å²) < 4.78 is 74.4. The normalized spacial score (nSPS) is 25.3. The number of allylic oxidation sites excluding steroid dienone is 8. The topological polar surface area (TPSA) is 65.0 Å². The number of Topliss-reactive ketones (excluding diaryl/α,β-unsaturated/α-hetero) is 1. The van der Waals surface area contributed by atoms with E-state index in [0.717, 1.165) is 150 Å². The molecule has 2 atom stereocenters. The van der Waals surface area contributed by atoms with Crippen molar-refractivity contribution < 1.29 is 43.0 Å². The van der Waals surface area contributed by atoms with Gasteiger partial charge in [0.15, 0.2) is 23.2 Å². The van der Waals surface area contributed by atoms with Crippen molar-refractivity contribution in [3.8, 4) is 5.75 Å². The maximum absolute atomic E-state index is 14.5. The molecular weight excluding hydrogens is 1250 g/mol. The van der Waals surface area contributed by atoms with E-state index in [9.17, 15) is 27.5 Å². The minimum atomic E-state index is -0.869. The lowest BCUT2D eigenvalue weighted by molar-refractivity contribution is -0.121. The minimum Gasteiger partial charge on any atom is -0.491 e. The summed E-state index contributed by atoms with van der Waals surface area (Å²) in [6.45, 7) is 15.0. The van der Waals surface area contributed by atoms with Crippen LogP contribution in [0.5, 0.6) is 5.75 Å². The highest BCUT2D eigenvalue weighted by atomic mass is 35.5. The average molecular weight is 1390 g/mol. The van der Waals surface area contributed by atoms with Crippen molar-refractivity contribution in [1.82, 2.24) is 0 Å². The van der Waals surface area contributed by atoms with Crippen LogP contribution < -0.4 is 4.74 Å². The minimum absolute atomic E-state index is 0. The summed E-state index contributed by atoms with van der Waals surface area (Å²) in [5.41, 5.74) is 1.67. The van der Waals surface area contributed by atoms with Crippen LogP contribution in [0.15, 0.2) is 72.9 Å². The van der Waals surface area contributed by atoms with Crippen molar-refractivity contribution in [3.63, 3.8) is 0 Å². The Balaban J connectivity index is 0.000000418. The molecule has 10 rings (SSSR count). The van der Waals surface area contributed by atoms with Gasteiger partial charge in [0.25, 0.3) is 0 Å². The number of carbonyl (C=O) groups excluding carboxylic acids is 1. The van der Waals surface area contributed by atoms with Crippen LogP contribution in [0.4, 0.5) is 17.6 Å². The number of aryl methyl sites for hydroxylation is 1. The van der Waals surface area contributed by atoms with Crippen molar-refractivity contribution in [2.24, 2.45) is 53.3 Å². The number of hydrogen-bond acceptors (Lipinski definition) is 5. The van der Waals surface area contributed by atoms with Gasteiger partial charge in [-0.1, -0.05) is 128 Å². The zero-order valence-corrected chi connectivity index (χ0v) is 62.3. The quantitative estimate of drug-likeness (QED) is 0.0584. The molecule has 2 saturated heterocycles. The molecule has 1 N–H and O–H groups in total. The van der Waals surface area contributed by atoms with Gasteiger partial charge in [0, 0.05) is 46.2 Å². The van der Waals surface area contributed by atoms with Crippen molar-refractivity contribution in [1.29, 1.82) is 0 Å². The number of hydrogen-bond donors (Lipinski definition) is 1. The van der Waals surface area contributed by atoms with Crippen LogP contribution in [0.25, 0.3) is 5.57 Å². The fourth-order valence-corrected chi connectivity index (χ4v) is 14.9. The molecule has 6 aliphatic carbocycles. The second-order valence-electron chi connectivity index (χ2n) is 28.0. The molecule has 95 heavy (non-hydrogen) atoms. The number of alkyl halides is 2. The lowest BCUT2D eigenvalue weighted by Gasteiger charge is -2.26. The van der Waals surface area contributed by atoms with Crippen LogP contribution in [-0.4, -0.2) is 62.0 Å². The van der Waals surface area contributed by atoms with Gasteiger partial charge in [-0.05, 0) is 295 Å². The van der Waals surface area contributed by atoms with Gasteiger partial charge in [-0.2, -0.15) is 4.39 Å². The van der Waals surface area contributed by atoms with E-state index in [1.165, 1.54) is 205 Å². The van der Waals surface area contributed by atoms with Gasteiger partial charge >= 0.3 is 0 Å². The number of carbonyl (C=O) groups is 1. The number of benzene rings is 2. The Bertz CT molecular complexity index is 2280. The Morgan fingerprint density at radius 2 is 0.937 bits per heavy atom. The molecular formula is C83H137Cl2F4O5P. The van der Waals surface area contributed by atoms with Crippen LogP contribution in [-0.2, 0) is 14.3 Å². The number of ketones is 1. The fourth-order valence-electron chi connectivity index (χ4n) is 14.9. The molecule has 5 saturated carbocycles. The smallest absolute Gasteiger partial charge is 0.201 e. The first-order valence-electron chi connectivity index (χ1n) is 38.6. The Labute approximate surface area is 593 Å². The van der Waals surface area contributed by atoms with E-state index >= 15 is 0 Å². The molecule has 12 heteroatoms. The van der Waals surface area contributed by atoms with Gasteiger partial charge in [0.1, 0.15) is 5.78 Å². The summed E-state index contributed by atoms with van der Waals surface area (Å²) in [6.07, 6.45) is 66.2. The highest BCUT2D eigenvalue weighted by molar-refractivity contribution is 7.15. The lowest BCUT2D eigenvalue weighted by Crippen LogP contribution is -2.17. The molecule has 0 radical (unpaired) electrons.